The summed E-state index contributed by atoms with van der Waals surface area (Å²) in [7, 11) is 0. The van der Waals surface area contributed by atoms with E-state index in [1.807, 2.05) is 6.92 Å². The van der Waals surface area contributed by atoms with E-state index in [1.165, 1.54) is 18.2 Å². The summed E-state index contributed by atoms with van der Waals surface area (Å²) in [6.07, 6.45) is -2.51. The zero-order chi connectivity index (χ0) is 14.8. The third-order valence-electron chi connectivity index (χ3n) is 2.88. The van der Waals surface area contributed by atoms with Crippen molar-refractivity contribution >= 4 is 15.9 Å². The van der Waals surface area contributed by atoms with Crippen molar-refractivity contribution < 1.29 is 27.4 Å². The molecule has 0 N–H and O–H groups in total. The van der Waals surface area contributed by atoms with Gasteiger partial charge in [-0.25, -0.2) is 0 Å². The van der Waals surface area contributed by atoms with Gasteiger partial charge in [-0.2, -0.15) is 0 Å². The molecule has 1 aromatic rings. The van der Waals surface area contributed by atoms with Gasteiger partial charge in [-0.15, -0.1) is 13.2 Å². The molecule has 0 aliphatic carbocycles. The smallest absolute Gasteiger partial charge is 0.491 e. The standard InChI is InChI=1S/C13H14BrF3O3/c1-8-2-3-10(19-8)7-18-9-4-5-12(11(14)6-9)20-13(15,16)17/h4-6,8,10H,2-3,7H2,1H3. The summed E-state index contributed by atoms with van der Waals surface area (Å²) in [5.74, 6) is 0.171. The van der Waals surface area contributed by atoms with E-state index in [-0.39, 0.29) is 22.4 Å². The van der Waals surface area contributed by atoms with Crippen molar-refractivity contribution in [1.29, 1.82) is 0 Å². The molecule has 0 amide bonds. The van der Waals surface area contributed by atoms with Gasteiger partial charge in [-0.05, 0) is 53.9 Å². The summed E-state index contributed by atoms with van der Waals surface area (Å²) in [4.78, 5) is 0. The minimum Gasteiger partial charge on any atom is -0.491 e. The molecule has 112 valence electrons. The van der Waals surface area contributed by atoms with Crippen LogP contribution in [0.2, 0.25) is 0 Å². The Labute approximate surface area is 123 Å². The molecule has 20 heavy (non-hydrogen) atoms. The van der Waals surface area contributed by atoms with Gasteiger partial charge in [0.05, 0.1) is 16.7 Å². The van der Waals surface area contributed by atoms with Crippen molar-refractivity contribution in [2.75, 3.05) is 6.61 Å². The quantitative estimate of drug-likeness (QED) is 0.806. The zero-order valence-electron chi connectivity index (χ0n) is 10.7. The van der Waals surface area contributed by atoms with Gasteiger partial charge in [0.15, 0.2) is 0 Å². The third-order valence-corrected chi connectivity index (χ3v) is 3.50. The van der Waals surface area contributed by atoms with Gasteiger partial charge in [0, 0.05) is 0 Å². The van der Waals surface area contributed by atoms with E-state index in [0.717, 1.165) is 12.8 Å². The summed E-state index contributed by atoms with van der Waals surface area (Å²) >= 11 is 3.03. The van der Waals surface area contributed by atoms with Crippen LogP contribution in [0.25, 0.3) is 0 Å². The van der Waals surface area contributed by atoms with E-state index in [4.69, 9.17) is 9.47 Å². The average molecular weight is 355 g/mol. The lowest BCUT2D eigenvalue weighted by Gasteiger charge is -2.14. The molecule has 1 fully saturated rings. The molecule has 2 rings (SSSR count). The molecule has 0 radical (unpaired) electrons. The molecule has 1 heterocycles. The topological polar surface area (TPSA) is 27.7 Å². The third kappa shape index (κ3) is 4.56. The predicted molar refractivity (Wildman–Crippen MR) is 69.9 cm³/mol. The lowest BCUT2D eigenvalue weighted by Crippen LogP contribution is -2.18. The van der Waals surface area contributed by atoms with Gasteiger partial charge in [-0.3, -0.25) is 0 Å². The molecule has 3 nitrogen and oxygen atoms in total. The second-order valence-corrected chi connectivity index (χ2v) is 5.45. The summed E-state index contributed by atoms with van der Waals surface area (Å²) in [5.41, 5.74) is 0. The van der Waals surface area contributed by atoms with Crippen molar-refractivity contribution in [3.8, 4) is 11.5 Å². The number of rotatable bonds is 4. The first-order valence-electron chi connectivity index (χ1n) is 6.17. The number of ether oxygens (including phenoxy) is 3. The number of halogens is 4. The van der Waals surface area contributed by atoms with Crippen molar-refractivity contribution in [2.24, 2.45) is 0 Å². The Balaban J connectivity index is 1.92. The Hall–Kier alpha value is -0.950. The van der Waals surface area contributed by atoms with Crippen molar-refractivity contribution in [2.45, 2.75) is 38.3 Å². The maximum absolute atomic E-state index is 12.1. The fourth-order valence-corrected chi connectivity index (χ4v) is 2.41. The van der Waals surface area contributed by atoms with Crippen LogP contribution in [0.5, 0.6) is 11.5 Å². The maximum atomic E-state index is 12.1. The molecule has 0 bridgehead atoms. The van der Waals surface area contributed by atoms with Crippen LogP contribution in [0, 0.1) is 0 Å². The number of alkyl halides is 3. The Kier molecular flexibility index (Phi) is 4.80. The molecule has 1 aromatic carbocycles. The Bertz CT molecular complexity index is 465. The highest BCUT2D eigenvalue weighted by Gasteiger charge is 2.32. The van der Waals surface area contributed by atoms with Crippen LogP contribution in [0.15, 0.2) is 22.7 Å². The van der Waals surface area contributed by atoms with Crippen molar-refractivity contribution in [3.63, 3.8) is 0 Å². The van der Waals surface area contributed by atoms with Gasteiger partial charge in [0.2, 0.25) is 0 Å². The molecule has 1 saturated heterocycles. The van der Waals surface area contributed by atoms with E-state index in [2.05, 4.69) is 20.7 Å². The monoisotopic (exact) mass is 354 g/mol. The molecule has 0 aromatic heterocycles. The Morgan fingerprint density at radius 3 is 2.65 bits per heavy atom. The van der Waals surface area contributed by atoms with Crippen LogP contribution >= 0.6 is 15.9 Å². The lowest BCUT2D eigenvalue weighted by molar-refractivity contribution is -0.274. The van der Waals surface area contributed by atoms with Crippen LogP contribution in [0.1, 0.15) is 19.8 Å². The second kappa shape index (κ2) is 6.22. The molecular formula is C13H14BrF3O3. The molecule has 2 unspecified atom stereocenters. The highest BCUT2D eigenvalue weighted by Crippen LogP contribution is 2.33. The Morgan fingerprint density at radius 2 is 2.10 bits per heavy atom. The number of hydrogen-bond donors (Lipinski definition) is 0. The second-order valence-electron chi connectivity index (χ2n) is 4.60. The summed E-state index contributed by atoms with van der Waals surface area (Å²) < 4.78 is 51.5. The number of hydrogen-bond acceptors (Lipinski definition) is 3. The van der Waals surface area contributed by atoms with Crippen molar-refractivity contribution in [3.05, 3.63) is 22.7 Å². The zero-order valence-corrected chi connectivity index (χ0v) is 12.3. The molecule has 7 heteroatoms. The van der Waals surface area contributed by atoms with Gasteiger partial charge >= 0.3 is 6.36 Å². The van der Waals surface area contributed by atoms with E-state index in [9.17, 15) is 13.2 Å². The maximum Gasteiger partial charge on any atom is 0.573 e. The average Bonchev–Trinajstić information content (AvgIpc) is 2.74. The molecular weight excluding hydrogens is 341 g/mol. The largest absolute Gasteiger partial charge is 0.573 e. The van der Waals surface area contributed by atoms with Crippen molar-refractivity contribution in [1.82, 2.24) is 0 Å². The fraction of sp³-hybridized carbons (Fsp3) is 0.538. The van der Waals surface area contributed by atoms with E-state index >= 15 is 0 Å². The van der Waals surface area contributed by atoms with Gasteiger partial charge in [-0.1, -0.05) is 0 Å². The first-order chi connectivity index (χ1) is 9.33. The molecule has 0 spiro atoms. The first kappa shape index (κ1) is 15.4. The van der Waals surface area contributed by atoms with E-state index in [0.29, 0.717) is 12.4 Å². The number of benzene rings is 1. The van der Waals surface area contributed by atoms with Crippen LogP contribution in [-0.2, 0) is 4.74 Å². The summed E-state index contributed by atoms with van der Waals surface area (Å²) in [5, 5.41) is 0. The molecule has 1 aliphatic rings. The van der Waals surface area contributed by atoms with Crippen LogP contribution in [-0.4, -0.2) is 25.2 Å². The van der Waals surface area contributed by atoms with E-state index in [1.54, 1.807) is 0 Å². The first-order valence-corrected chi connectivity index (χ1v) is 6.96. The van der Waals surface area contributed by atoms with Crippen LogP contribution in [0.4, 0.5) is 13.2 Å². The van der Waals surface area contributed by atoms with Gasteiger partial charge < -0.3 is 14.2 Å². The summed E-state index contributed by atoms with van der Waals surface area (Å²) in [6, 6.07) is 4.09. The fourth-order valence-electron chi connectivity index (χ4n) is 1.98. The van der Waals surface area contributed by atoms with Gasteiger partial charge in [0.25, 0.3) is 0 Å². The van der Waals surface area contributed by atoms with Crippen LogP contribution < -0.4 is 9.47 Å². The van der Waals surface area contributed by atoms with Gasteiger partial charge in [0.1, 0.15) is 18.1 Å². The van der Waals surface area contributed by atoms with E-state index < -0.39 is 6.36 Å². The molecule has 1 aliphatic heterocycles. The highest BCUT2D eigenvalue weighted by molar-refractivity contribution is 9.10. The molecule has 0 saturated carbocycles. The normalized spacial score (nSPS) is 22.9. The lowest BCUT2D eigenvalue weighted by atomic mass is 10.2. The highest BCUT2D eigenvalue weighted by atomic mass is 79.9. The van der Waals surface area contributed by atoms with Crippen LogP contribution in [0.3, 0.4) is 0 Å². The Morgan fingerprint density at radius 1 is 1.35 bits per heavy atom. The minimum absolute atomic E-state index is 0.0369. The SMILES string of the molecule is CC1CCC(COc2ccc(OC(F)(F)F)c(Br)c2)O1. The minimum atomic E-state index is -4.71. The molecule has 2 atom stereocenters. The summed E-state index contributed by atoms with van der Waals surface area (Å²) in [6.45, 7) is 2.39. The predicted octanol–water partition coefficient (Wildman–Crippen LogP) is 4.29.